The first kappa shape index (κ1) is 10.4. The van der Waals surface area contributed by atoms with Gasteiger partial charge in [0.15, 0.2) is 5.17 Å². The van der Waals surface area contributed by atoms with Crippen LogP contribution in [0.3, 0.4) is 0 Å². The predicted molar refractivity (Wildman–Crippen MR) is 70.3 cm³/mol. The third kappa shape index (κ3) is 1.91. The summed E-state index contributed by atoms with van der Waals surface area (Å²) in [5.41, 5.74) is 1.76. The second-order valence-corrected chi connectivity index (χ2v) is 4.63. The van der Waals surface area contributed by atoms with E-state index in [0.717, 1.165) is 16.3 Å². The molecule has 0 bridgehead atoms. The van der Waals surface area contributed by atoms with Gasteiger partial charge in [0.1, 0.15) is 0 Å². The number of rotatable bonds is 1. The summed E-state index contributed by atoms with van der Waals surface area (Å²) < 4.78 is 0. The summed E-state index contributed by atoms with van der Waals surface area (Å²) in [4.78, 5) is 18.1. The number of benzene rings is 1. The van der Waals surface area contributed by atoms with Crippen LogP contribution in [0, 0.1) is 0 Å². The first-order chi connectivity index (χ1) is 8.34. The van der Waals surface area contributed by atoms with Crippen molar-refractivity contribution in [1.82, 2.24) is 4.90 Å². The molecule has 0 aliphatic carbocycles. The number of carbonyl (C=O) groups excluding carboxylic acids is 1. The minimum Gasteiger partial charge on any atom is -0.269 e. The Bertz CT molecular complexity index is 546. The molecule has 4 heteroatoms. The minimum absolute atomic E-state index is 0.0279. The molecule has 0 radical (unpaired) electrons. The van der Waals surface area contributed by atoms with E-state index in [1.165, 1.54) is 11.8 Å². The summed E-state index contributed by atoms with van der Waals surface area (Å²) in [6, 6.07) is 9.84. The number of amides is 1. The van der Waals surface area contributed by atoms with Crippen molar-refractivity contribution in [1.29, 1.82) is 0 Å². The van der Waals surface area contributed by atoms with E-state index >= 15 is 0 Å². The molecule has 1 amide bonds. The van der Waals surface area contributed by atoms with E-state index in [1.807, 2.05) is 41.8 Å². The number of aliphatic imine (C=N–C) groups is 1. The lowest BCUT2D eigenvalue weighted by atomic mass is 10.1. The standard InChI is InChI=1S/C13H10N2OS/c16-12-11(8-10-4-2-1-3-5-10)9-14-13-15(12)6-7-17-13/h1-8H,9H2/b11-8-. The van der Waals surface area contributed by atoms with Crippen LogP contribution < -0.4 is 0 Å². The number of amidine groups is 1. The van der Waals surface area contributed by atoms with Crippen molar-refractivity contribution in [2.75, 3.05) is 6.54 Å². The highest BCUT2D eigenvalue weighted by molar-refractivity contribution is 8.16. The zero-order valence-electron chi connectivity index (χ0n) is 9.04. The molecule has 0 aromatic heterocycles. The molecular weight excluding hydrogens is 232 g/mol. The Kier molecular flexibility index (Phi) is 2.57. The summed E-state index contributed by atoms with van der Waals surface area (Å²) >= 11 is 1.49. The molecule has 3 nitrogen and oxygen atoms in total. The van der Waals surface area contributed by atoms with Crippen LogP contribution in [0.15, 0.2) is 52.5 Å². The Balaban J connectivity index is 1.93. The van der Waals surface area contributed by atoms with E-state index in [0.29, 0.717) is 6.54 Å². The van der Waals surface area contributed by atoms with Crippen molar-refractivity contribution in [3.8, 4) is 0 Å². The van der Waals surface area contributed by atoms with Crippen LogP contribution in [0.2, 0.25) is 0 Å². The Morgan fingerprint density at radius 1 is 1.29 bits per heavy atom. The fourth-order valence-electron chi connectivity index (χ4n) is 1.77. The van der Waals surface area contributed by atoms with Crippen LogP contribution in [0.25, 0.3) is 6.08 Å². The van der Waals surface area contributed by atoms with E-state index in [-0.39, 0.29) is 5.91 Å². The van der Waals surface area contributed by atoms with E-state index in [4.69, 9.17) is 0 Å². The monoisotopic (exact) mass is 242 g/mol. The average molecular weight is 242 g/mol. The van der Waals surface area contributed by atoms with Crippen LogP contribution in [-0.2, 0) is 4.79 Å². The third-order valence-electron chi connectivity index (χ3n) is 2.61. The van der Waals surface area contributed by atoms with E-state index in [2.05, 4.69) is 4.99 Å². The van der Waals surface area contributed by atoms with Gasteiger partial charge in [0.2, 0.25) is 0 Å². The molecule has 0 saturated carbocycles. The zero-order chi connectivity index (χ0) is 11.7. The Morgan fingerprint density at radius 3 is 2.94 bits per heavy atom. The van der Waals surface area contributed by atoms with Crippen LogP contribution >= 0.6 is 11.8 Å². The molecule has 1 aromatic rings. The fraction of sp³-hybridized carbons (Fsp3) is 0.0769. The Labute approximate surface area is 104 Å². The lowest BCUT2D eigenvalue weighted by molar-refractivity contribution is -0.121. The molecule has 2 heterocycles. The summed E-state index contributed by atoms with van der Waals surface area (Å²) in [5.74, 6) is 0.0279. The van der Waals surface area contributed by atoms with Crippen molar-refractivity contribution in [2.45, 2.75) is 0 Å². The molecule has 0 atom stereocenters. The highest BCUT2D eigenvalue weighted by atomic mass is 32.2. The van der Waals surface area contributed by atoms with Crippen molar-refractivity contribution >= 4 is 28.9 Å². The van der Waals surface area contributed by atoms with Crippen molar-refractivity contribution in [2.24, 2.45) is 4.99 Å². The SMILES string of the molecule is O=C1/C(=C\c2ccccc2)CN=C2SC=CN12. The van der Waals surface area contributed by atoms with Crippen molar-refractivity contribution < 1.29 is 4.79 Å². The Morgan fingerprint density at radius 2 is 2.12 bits per heavy atom. The van der Waals surface area contributed by atoms with Crippen LogP contribution in [0.1, 0.15) is 5.56 Å². The molecule has 17 heavy (non-hydrogen) atoms. The highest BCUT2D eigenvalue weighted by Crippen LogP contribution is 2.26. The number of thioether (sulfide) groups is 1. The quantitative estimate of drug-likeness (QED) is 0.709. The second-order valence-electron chi connectivity index (χ2n) is 3.76. The molecule has 0 saturated heterocycles. The smallest absolute Gasteiger partial charge is 0.261 e. The van der Waals surface area contributed by atoms with Gasteiger partial charge in [-0.25, -0.2) is 0 Å². The van der Waals surface area contributed by atoms with Gasteiger partial charge < -0.3 is 0 Å². The number of hydrogen-bond donors (Lipinski definition) is 0. The van der Waals surface area contributed by atoms with Gasteiger partial charge in [0.05, 0.1) is 6.54 Å². The van der Waals surface area contributed by atoms with E-state index in [9.17, 15) is 4.79 Å². The van der Waals surface area contributed by atoms with E-state index < -0.39 is 0 Å². The van der Waals surface area contributed by atoms with Gasteiger partial charge in [-0.3, -0.25) is 14.7 Å². The largest absolute Gasteiger partial charge is 0.269 e. The van der Waals surface area contributed by atoms with Gasteiger partial charge in [0, 0.05) is 11.8 Å². The van der Waals surface area contributed by atoms with Crippen LogP contribution in [0.5, 0.6) is 0 Å². The first-order valence-electron chi connectivity index (χ1n) is 5.31. The molecule has 3 rings (SSSR count). The number of nitrogens with zero attached hydrogens (tertiary/aromatic N) is 2. The average Bonchev–Trinajstić information content (AvgIpc) is 2.83. The topological polar surface area (TPSA) is 32.7 Å². The molecular formula is C13H10N2OS. The molecule has 0 N–H and O–H groups in total. The third-order valence-corrected chi connectivity index (χ3v) is 3.40. The maximum absolute atomic E-state index is 12.1. The molecule has 1 aromatic carbocycles. The van der Waals surface area contributed by atoms with Crippen LogP contribution in [0.4, 0.5) is 0 Å². The summed E-state index contributed by atoms with van der Waals surface area (Å²) in [7, 11) is 0. The van der Waals surface area contributed by atoms with Gasteiger partial charge in [-0.15, -0.1) is 0 Å². The molecule has 0 spiro atoms. The van der Waals surface area contributed by atoms with Gasteiger partial charge in [-0.1, -0.05) is 42.1 Å². The number of carbonyl (C=O) groups is 1. The lowest BCUT2D eigenvalue weighted by Gasteiger charge is -2.20. The summed E-state index contributed by atoms with van der Waals surface area (Å²) in [6.45, 7) is 0.467. The zero-order valence-corrected chi connectivity index (χ0v) is 9.85. The van der Waals surface area contributed by atoms with Gasteiger partial charge in [-0.2, -0.15) is 0 Å². The van der Waals surface area contributed by atoms with Gasteiger partial charge in [-0.05, 0) is 17.0 Å². The summed E-state index contributed by atoms with van der Waals surface area (Å²) in [6.07, 6.45) is 3.67. The second kappa shape index (κ2) is 4.22. The highest BCUT2D eigenvalue weighted by Gasteiger charge is 2.28. The minimum atomic E-state index is 0.0279. The molecule has 2 aliphatic rings. The van der Waals surface area contributed by atoms with Crippen molar-refractivity contribution in [3.05, 3.63) is 53.1 Å². The van der Waals surface area contributed by atoms with Crippen LogP contribution in [-0.4, -0.2) is 22.5 Å². The molecule has 84 valence electrons. The molecule has 2 aliphatic heterocycles. The lowest BCUT2D eigenvalue weighted by Crippen LogP contribution is -2.33. The first-order valence-corrected chi connectivity index (χ1v) is 6.19. The van der Waals surface area contributed by atoms with Gasteiger partial charge >= 0.3 is 0 Å². The summed E-state index contributed by atoms with van der Waals surface area (Å²) in [5, 5.41) is 2.66. The predicted octanol–water partition coefficient (Wildman–Crippen LogP) is 2.49. The number of hydrogen-bond acceptors (Lipinski definition) is 3. The van der Waals surface area contributed by atoms with Gasteiger partial charge in [0.25, 0.3) is 5.91 Å². The maximum atomic E-state index is 12.1. The number of fused-ring (bicyclic) bond motifs is 1. The maximum Gasteiger partial charge on any atom is 0.261 e. The molecule has 0 unspecified atom stereocenters. The van der Waals surface area contributed by atoms with E-state index in [1.54, 1.807) is 11.1 Å². The normalized spacial score (nSPS) is 20.7. The van der Waals surface area contributed by atoms with Crippen molar-refractivity contribution in [3.63, 3.8) is 0 Å². The Hall–Kier alpha value is -1.81. The fourth-order valence-corrected chi connectivity index (χ4v) is 2.47. The molecule has 0 fully saturated rings.